The number of hydrogen-bond acceptors (Lipinski definition) is 2. The lowest BCUT2D eigenvalue weighted by atomic mass is 9.99. The highest BCUT2D eigenvalue weighted by Crippen LogP contribution is 2.33. The maximum absolute atomic E-state index is 12.7. The standard InChI is InChI=1S/C13H11BrF3NOS/c1-18(12(19)10-5-6-11(14)20-10)9-4-2-3-8(7-9)13(15,16)17/h2-6,9H,7H2,1H3. The first-order valence-corrected chi connectivity index (χ1v) is 7.37. The van der Waals surface area contributed by atoms with Gasteiger partial charge in [0.15, 0.2) is 0 Å². The van der Waals surface area contributed by atoms with Gasteiger partial charge in [0.2, 0.25) is 0 Å². The smallest absolute Gasteiger partial charge is 0.334 e. The van der Waals surface area contributed by atoms with E-state index in [2.05, 4.69) is 15.9 Å². The van der Waals surface area contributed by atoms with Gasteiger partial charge in [-0.15, -0.1) is 11.3 Å². The summed E-state index contributed by atoms with van der Waals surface area (Å²) in [5.74, 6) is -0.279. The summed E-state index contributed by atoms with van der Waals surface area (Å²) in [6.07, 6.45) is -0.551. The zero-order chi connectivity index (χ0) is 14.9. The van der Waals surface area contributed by atoms with E-state index >= 15 is 0 Å². The van der Waals surface area contributed by atoms with E-state index in [4.69, 9.17) is 0 Å². The van der Waals surface area contributed by atoms with Gasteiger partial charge < -0.3 is 4.90 Å². The lowest BCUT2D eigenvalue weighted by Gasteiger charge is -2.28. The first-order valence-electron chi connectivity index (χ1n) is 5.76. The van der Waals surface area contributed by atoms with E-state index in [0.717, 1.165) is 9.86 Å². The second kappa shape index (κ2) is 5.73. The molecule has 2 rings (SSSR count). The molecular weight excluding hydrogens is 355 g/mol. The summed E-state index contributed by atoms with van der Waals surface area (Å²) in [6.45, 7) is 0. The van der Waals surface area contributed by atoms with Crippen molar-refractivity contribution in [2.45, 2.75) is 18.6 Å². The number of rotatable bonds is 2. The summed E-state index contributed by atoms with van der Waals surface area (Å²) < 4.78 is 38.9. The van der Waals surface area contributed by atoms with Crippen LogP contribution in [0.1, 0.15) is 16.1 Å². The van der Waals surface area contributed by atoms with Gasteiger partial charge in [-0.1, -0.05) is 18.2 Å². The molecule has 0 radical (unpaired) electrons. The van der Waals surface area contributed by atoms with E-state index in [1.165, 1.54) is 29.4 Å². The minimum Gasteiger partial charge on any atom is -0.334 e. The van der Waals surface area contributed by atoms with Crippen molar-refractivity contribution in [1.29, 1.82) is 0 Å². The van der Waals surface area contributed by atoms with Crippen LogP contribution < -0.4 is 0 Å². The molecule has 1 aliphatic rings. The lowest BCUT2D eigenvalue weighted by Crippen LogP contribution is -2.37. The van der Waals surface area contributed by atoms with Gasteiger partial charge in [-0.3, -0.25) is 4.79 Å². The van der Waals surface area contributed by atoms with Crippen molar-refractivity contribution < 1.29 is 18.0 Å². The summed E-state index contributed by atoms with van der Waals surface area (Å²) >= 11 is 4.52. The van der Waals surface area contributed by atoms with Crippen LogP contribution in [-0.2, 0) is 0 Å². The Morgan fingerprint density at radius 1 is 1.45 bits per heavy atom. The molecule has 0 N–H and O–H groups in total. The van der Waals surface area contributed by atoms with Crippen molar-refractivity contribution in [3.63, 3.8) is 0 Å². The maximum Gasteiger partial charge on any atom is 0.412 e. The number of halogens is 4. The molecule has 20 heavy (non-hydrogen) atoms. The minimum atomic E-state index is -4.35. The zero-order valence-electron chi connectivity index (χ0n) is 10.4. The van der Waals surface area contributed by atoms with Crippen LogP contribution in [0.5, 0.6) is 0 Å². The average molecular weight is 366 g/mol. The normalized spacial score (nSPS) is 18.9. The predicted molar refractivity (Wildman–Crippen MR) is 75.8 cm³/mol. The number of hydrogen-bond donors (Lipinski definition) is 0. The number of thiophene rings is 1. The number of amides is 1. The second-order valence-corrected chi connectivity index (χ2v) is 6.83. The molecule has 1 unspecified atom stereocenters. The average Bonchev–Trinajstić information content (AvgIpc) is 2.83. The van der Waals surface area contributed by atoms with Crippen molar-refractivity contribution >= 4 is 33.2 Å². The summed E-state index contributed by atoms with van der Waals surface area (Å²) in [5.41, 5.74) is -0.614. The number of carbonyl (C=O) groups is 1. The van der Waals surface area contributed by atoms with Crippen LogP contribution in [0.4, 0.5) is 13.2 Å². The summed E-state index contributed by atoms with van der Waals surface area (Å²) in [7, 11) is 1.52. The van der Waals surface area contributed by atoms with Crippen LogP contribution in [-0.4, -0.2) is 30.1 Å². The number of alkyl halides is 3. The summed E-state index contributed by atoms with van der Waals surface area (Å²) in [5, 5.41) is 0. The van der Waals surface area contributed by atoms with Gasteiger partial charge in [0.25, 0.3) is 5.91 Å². The molecule has 0 aromatic carbocycles. The molecule has 7 heteroatoms. The zero-order valence-corrected chi connectivity index (χ0v) is 12.8. The van der Waals surface area contributed by atoms with E-state index in [1.54, 1.807) is 18.2 Å². The van der Waals surface area contributed by atoms with Crippen molar-refractivity contribution in [2.24, 2.45) is 0 Å². The highest BCUT2D eigenvalue weighted by Gasteiger charge is 2.36. The topological polar surface area (TPSA) is 20.3 Å². The second-order valence-electron chi connectivity index (χ2n) is 4.37. The third-order valence-electron chi connectivity index (χ3n) is 3.03. The van der Waals surface area contributed by atoms with E-state index in [-0.39, 0.29) is 12.3 Å². The monoisotopic (exact) mass is 365 g/mol. The molecular formula is C13H11BrF3NOS. The molecule has 0 saturated heterocycles. The Morgan fingerprint density at radius 3 is 2.70 bits per heavy atom. The van der Waals surface area contributed by atoms with Gasteiger partial charge in [-0.05, 0) is 28.1 Å². The molecule has 1 aliphatic carbocycles. The Balaban J connectivity index is 2.11. The molecule has 0 spiro atoms. The van der Waals surface area contributed by atoms with Gasteiger partial charge >= 0.3 is 6.18 Å². The highest BCUT2D eigenvalue weighted by molar-refractivity contribution is 9.11. The fraction of sp³-hybridized carbons (Fsp3) is 0.308. The first-order chi connectivity index (χ1) is 9.29. The molecule has 0 bridgehead atoms. The molecule has 1 heterocycles. The quantitative estimate of drug-likeness (QED) is 0.760. The van der Waals surface area contributed by atoms with Crippen molar-refractivity contribution in [3.8, 4) is 0 Å². The molecule has 1 aromatic rings. The first kappa shape index (κ1) is 15.3. The molecule has 1 amide bonds. The number of carbonyl (C=O) groups excluding carboxylic acids is 1. The Hall–Kier alpha value is -1.08. The highest BCUT2D eigenvalue weighted by atomic mass is 79.9. The fourth-order valence-electron chi connectivity index (χ4n) is 1.89. The number of nitrogens with zero attached hydrogens (tertiary/aromatic N) is 1. The predicted octanol–water partition coefficient (Wildman–Crippen LogP) is 4.40. The van der Waals surface area contributed by atoms with E-state index < -0.39 is 17.8 Å². The minimum absolute atomic E-state index is 0.214. The van der Waals surface area contributed by atoms with Crippen molar-refractivity contribution in [2.75, 3.05) is 7.05 Å². The van der Waals surface area contributed by atoms with Crippen LogP contribution in [0.25, 0.3) is 0 Å². The summed E-state index contributed by atoms with van der Waals surface area (Å²) in [6, 6.07) is 2.81. The number of likely N-dealkylation sites (N-methyl/N-ethyl adjacent to an activating group) is 1. The van der Waals surface area contributed by atoms with Crippen molar-refractivity contribution in [1.82, 2.24) is 4.90 Å². The maximum atomic E-state index is 12.7. The van der Waals surface area contributed by atoms with Crippen molar-refractivity contribution in [3.05, 3.63) is 44.6 Å². The molecule has 1 atom stereocenters. The number of allylic oxidation sites excluding steroid dienone is 2. The largest absolute Gasteiger partial charge is 0.412 e. The third kappa shape index (κ3) is 3.32. The Morgan fingerprint density at radius 2 is 2.15 bits per heavy atom. The molecule has 2 nitrogen and oxygen atoms in total. The molecule has 0 saturated carbocycles. The Labute approximate surface area is 126 Å². The van der Waals surface area contributed by atoms with E-state index in [0.29, 0.717) is 4.88 Å². The lowest BCUT2D eigenvalue weighted by molar-refractivity contribution is -0.0952. The Bertz CT molecular complexity index is 576. The van der Waals surface area contributed by atoms with Crippen LogP contribution in [0.15, 0.2) is 39.7 Å². The molecule has 1 aromatic heterocycles. The van der Waals surface area contributed by atoms with Gasteiger partial charge in [0.05, 0.1) is 14.7 Å². The molecule has 0 fully saturated rings. The van der Waals surface area contributed by atoms with E-state index in [1.807, 2.05) is 0 Å². The molecule has 108 valence electrons. The van der Waals surface area contributed by atoms with Crippen LogP contribution >= 0.6 is 27.3 Å². The van der Waals surface area contributed by atoms with Gasteiger partial charge in [0, 0.05) is 19.0 Å². The van der Waals surface area contributed by atoms with Crippen LogP contribution in [0, 0.1) is 0 Å². The molecule has 0 aliphatic heterocycles. The van der Waals surface area contributed by atoms with E-state index in [9.17, 15) is 18.0 Å². The van der Waals surface area contributed by atoms with Crippen LogP contribution in [0.2, 0.25) is 0 Å². The fourth-order valence-corrected chi connectivity index (χ4v) is 3.26. The third-order valence-corrected chi connectivity index (χ3v) is 4.64. The van der Waals surface area contributed by atoms with Gasteiger partial charge in [-0.25, -0.2) is 0 Å². The Kier molecular flexibility index (Phi) is 4.39. The summed E-state index contributed by atoms with van der Waals surface area (Å²) in [4.78, 5) is 14.0. The SMILES string of the molecule is CN(C(=O)c1ccc(Br)s1)C1C=CC=C(C(F)(F)F)C1. The van der Waals surface area contributed by atoms with Gasteiger partial charge in [-0.2, -0.15) is 13.2 Å². The van der Waals surface area contributed by atoms with Gasteiger partial charge in [0.1, 0.15) is 0 Å². The van der Waals surface area contributed by atoms with Crippen LogP contribution in [0.3, 0.4) is 0 Å².